The number of rotatable bonds is 9. The van der Waals surface area contributed by atoms with E-state index in [9.17, 15) is 9.90 Å². The minimum Gasteiger partial charge on any atom is -0.493 e. The molecule has 4 unspecified atom stereocenters. The number of ether oxygens (including phenoxy) is 4. The molecule has 0 aromatic heterocycles. The second kappa shape index (κ2) is 10.5. The largest absolute Gasteiger partial charge is 0.493 e. The molecule has 6 rings (SSSR count). The zero-order chi connectivity index (χ0) is 27.1. The first-order valence-electron chi connectivity index (χ1n) is 14.2. The van der Waals surface area contributed by atoms with Crippen LogP contribution in [0, 0.1) is 5.92 Å². The van der Waals surface area contributed by atoms with Crippen molar-refractivity contribution in [1.82, 2.24) is 4.90 Å². The van der Waals surface area contributed by atoms with E-state index in [1.165, 1.54) is 11.1 Å². The number of aliphatic hydroxyl groups excluding tert-OH is 1. The predicted molar refractivity (Wildman–Crippen MR) is 148 cm³/mol. The van der Waals surface area contributed by atoms with E-state index in [-0.39, 0.29) is 23.2 Å². The zero-order valence-corrected chi connectivity index (χ0v) is 23.2. The molecular weight excluding hydrogens is 494 g/mol. The Morgan fingerprint density at radius 3 is 2.62 bits per heavy atom. The molecule has 0 amide bonds. The van der Waals surface area contributed by atoms with Crippen LogP contribution in [0.4, 0.5) is 0 Å². The number of Topliss-reactive ketones (excluding diaryl/α,β-unsaturated/α-hetero) is 1. The fraction of sp³-hybridized carbons (Fsp3) is 0.531. The van der Waals surface area contributed by atoms with Crippen molar-refractivity contribution in [3.05, 3.63) is 58.7 Å². The molecule has 2 aromatic rings. The van der Waals surface area contributed by atoms with Crippen molar-refractivity contribution in [1.29, 1.82) is 0 Å². The first-order valence-corrected chi connectivity index (χ1v) is 14.2. The van der Waals surface area contributed by atoms with Crippen molar-refractivity contribution in [2.24, 2.45) is 5.92 Å². The second-order valence-electron chi connectivity index (χ2n) is 11.4. The van der Waals surface area contributed by atoms with Gasteiger partial charge in [-0.15, -0.1) is 0 Å². The molecule has 2 aliphatic heterocycles. The van der Waals surface area contributed by atoms with Gasteiger partial charge in [0.2, 0.25) is 0 Å². The monoisotopic (exact) mass is 533 g/mol. The molecule has 0 bridgehead atoms. The van der Waals surface area contributed by atoms with Gasteiger partial charge in [0.15, 0.2) is 28.8 Å². The Bertz CT molecular complexity index is 1290. The third kappa shape index (κ3) is 4.49. The van der Waals surface area contributed by atoms with Crippen molar-refractivity contribution in [2.75, 3.05) is 34.4 Å². The van der Waals surface area contributed by atoms with Crippen LogP contribution < -0.4 is 18.9 Å². The molecule has 1 N–H and O–H groups in total. The first-order chi connectivity index (χ1) is 19.0. The number of nitrogens with zero attached hydrogens (tertiary/aromatic N) is 1. The summed E-state index contributed by atoms with van der Waals surface area (Å²) in [6.45, 7) is 2.90. The lowest BCUT2D eigenvalue weighted by Crippen LogP contribution is -2.43. The number of carbonyl (C=O) groups is 1. The fourth-order valence-electron chi connectivity index (χ4n) is 7.22. The van der Waals surface area contributed by atoms with Gasteiger partial charge in [-0.1, -0.05) is 31.1 Å². The summed E-state index contributed by atoms with van der Waals surface area (Å²) in [6.07, 6.45) is 10.2. The van der Waals surface area contributed by atoms with Gasteiger partial charge in [0, 0.05) is 30.0 Å². The number of methoxy groups -OCH3 is 3. The Balaban J connectivity index is 1.06. The van der Waals surface area contributed by atoms with Crippen molar-refractivity contribution in [2.45, 2.75) is 69.1 Å². The average molecular weight is 534 g/mol. The van der Waals surface area contributed by atoms with Crippen molar-refractivity contribution >= 4 is 5.78 Å². The van der Waals surface area contributed by atoms with Crippen molar-refractivity contribution in [3.8, 4) is 23.0 Å². The predicted octanol–water partition coefficient (Wildman–Crippen LogP) is 4.85. The number of benzene rings is 2. The summed E-state index contributed by atoms with van der Waals surface area (Å²) in [5.41, 5.74) is 4.22. The lowest BCUT2D eigenvalue weighted by atomic mass is 9.69. The molecule has 1 spiro atoms. The maximum atomic E-state index is 13.0. The molecule has 39 heavy (non-hydrogen) atoms. The van der Waals surface area contributed by atoms with Gasteiger partial charge < -0.3 is 24.1 Å². The van der Waals surface area contributed by atoms with E-state index in [0.29, 0.717) is 17.9 Å². The normalized spacial score (nSPS) is 26.9. The van der Waals surface area contributed by atoms with E-state index in [2.05, 4.69) is 17.0 Å². The summed E-state index contributed by atoms with van der Waals surface area (Å²) in [7, 11) is 4.93. The van der Waals surface area contributed by atoms with Crippen LogP contribution >= 0.6 is 0 Å². The number of carbonyl (C=O) groups excluding carboxylic acids is 1. The maximum absolute atomic E-state index is 13.0. The van der Waals surface area contributed by atoms with E-state index in [1.54, 1.807) is 21.3 Å². The zero-order valence-electron chi connectivity index (χ0n) is 23.2. The molecule has 0 saturated carbocycles. The van der Waals surface area contributed by atoms with Crippen LogP contribution in [0.2, 0.25) is 0 Å². The van der Waals surface area contributed by atoms with Gasteiger partial charge in [0.05, 0.1) is 32.8 Å². The van der Waals surface area contributed by atoms with E-state index in [1.807, 2.05) is 24.3 Å². The molecule has 7 heteroatoms. The number of aliphatic hydroxyl groups is 1. The quantitative estimate of drug-likeness (QED) is 0.365. The van der Waals surface area contributed by atoms with Gasteiger partial charge in [-0.3, -0.25) is 9.69 Å². The Labute approximate surface area is 230 Å². The molecule has 7 nitrogen and oxygen atoms in total. The minimum atomic E-state index is -0.465. The highest BCUT2D eigenvalue weighted by atomic mass is 16.5. The first kappa shape index (κ1) is 26.2. The Hall–Kier alpha value is -3.03. The van der Waals surface area contributed by atoms with E-state index in [4.69, 9.17) is 18.9 Å². The number of unbranched alkanes of at least 4 members (excludes halogenated alkanes) is 2. The van der Waals surface area contributed by atoms with Gasteiger partial charge in [0.1, 0.15) is 6.10 Å². The van der Waals surface area contributed by atoms with Gasteiger partial charge in [-0.2, -0.15) is 0 Å². The third-order valence-corrected chi connectivity index (χ3v) is 9.27. The van der Waals surface area contributed by atoms with Crippen molar-refractivity contribution in [3.63, 3.8) is 0 Å². The lowest BCUT2D eigenvalue weighted by molar-refractivity contribution is 0.0808. The maximum Gasteiger partial charge on any atom is 0.166 e. The smallest absolute Gasteiger partial charge is 0.166 e. The molecule has 4 atom stereocenters. The molecule has 2 aliphatic carbocycles. The SMILES string of the molecule is COc1cc2c(cc1OC)C(=O)C(CCCCCN1CCC34C=CC(O)CC3Oc3c(OC)ccc(c34)C1)C2. The highest BCUT2D eigenvalue weighted by molar-refractivity contribution is 6.02. The molecule has 0 radical (unpaired) electrons. The van der Waals surface area contributed by atoms with Crippen molar-refractivity contribution < 1.29 is 28.8 Å². The molecule has 2 heterocycles. The molecule has 4 aliphatic rings. The van der Waals surface area contributed by atoms with E-state index < -0.39 is 6.10 Å². The standard InChI is InChI=1S/C32H39NO6/c1-36-25-9-8-21-19-33(14-12-32-11-10-23(34)17-28(32)39-31(25)29(21)32)13-6-4-5-7-20-15-22-16-26(37-2)27(38-3)18-24(22)30(20)35/h8-11,16,18,20,23,28,34H,4-7,12-15,17,19H2,1-3H3. The van der Waals surface area contributed by atoms with Crippen LogP contribution in [0.3, 0.4) is 0 Å². The Morgan fingerprint density at radius 2 is 1.82 bits per heavy atom. The third-order valence-electron chi connectivity index (χ3n) is 9.27. The topological polar surface area (TPSA) is 77.5 Å². The van der Waals surface area contributed by atoms with Gasteiger partial charge >= 0.3 is 0 Å². The molecular formula is C32H39NO6. The van der Waals surface area contributed by atoms with Crippen LogP contribution in [0.1, 0.15) is 65.6 Å². The van der Waals surface area contributed by atoms with E-state index in [0.717, 1.165) is 80.8 Å². The van der Waals surface area contributed by atoms with Crippen LogP contribution in [-0.2, 0) is 18.4 Å². The van der Waals surface area contributed by atoms with Gasteiger partial charge in [-0.25, -0.2) is 0 Å². The average Bonchev–Trinajstić information content (AvgIpc) is 3.38. The van der Waals surface area contributed by atoms with Crippen LogP contribution in [0.25, 0.3) is 0 Å². The highest BCUT2D eigenvalue weighted by Crippen LogP contribution is 2.55. The summed E-state index contributed by atoms with van der Waals surface area (Å²) in [5, 5.41) is 10.3. The Morgan fingerprint density at radius 1 is 1.03 bits per heavy atom. The second-order valence-corrected chi connectivity index (χ2v) is 11.4. The molecule has 2 aromatic carbocycles. The summed E-state index contributed by atoms with van der Waals surface area (Å²) >= 11 is 0. The number of fused-ring (bicyclic) bond motifs is 1. The lowest BCUT2D eigenvalue weighted by Gasteiger charge is -2.35. The number of ketones is 1. The molecule has 208 valence electrons. The number of hydrogen-bond acceptors (Lipinski definition) is 7. The van der Waals surface area contributed by atoms with Crippen LogP contribution in [0.5, 0.6) is 23.0 Å². The number of hydrogen-bond donors (Lipinski definition) is 1. The highest BCUT2D eigenvalue weighted by Gasteiger charge is 2.52. The van der Waals surface area contributed by atoms with Gasteiger partial charge in [-0.05, 0) is 68.1 Å². The minimum absolute atomic E-state index is 0.0540. The summed E-state index contributed by atoms with van der Waals surface area (Å²) in [6, 6.07) is 8.01. The molecule has 0 fully saturated rings. The summed E-state index contributed by atoms with van der Waals surface area (Å²) in [5.74, 6) is 3.24. The van der Waals surface area contributed by atoms with Gasteiger partial charge in [0.25, 0.3) is 0 Å². The molecule has 0 saturated heterocycles. The van der Waals surface area contributed by atoms with E-state index >= 15 is 0 Å². The summed E-state index contributed by atoms with van der Waals surface area (Å²) < 4.78 is 22.9. The van der Waals surface area contributed by atoms with Crippen LogP contribution in [-0.4, -0.2) is 62.4 Å². The summed E-state index contributed by atoms with van der Waals surface area (Å²) in [4.78, 5) is 15.6. The van der Waals surface area contributed by atoms with Crippen LogP contribution in [0.15, 0.2) is 36.4 Å². The fourth-order valence-corrected chi connectivity index (χ4v) is 7.22. The Kier molecular flexibility index (Phi) is 7.06.